The number of Topliss-reactive ketones (excluding diaryl/α,β-unsaturated/α-hetero) is 1. The van der Waals surface area contributed by atoms with Crippen LogP contribution < -0.4 is 15.0 Å². The van der Waals surface area contributed by atoms with Crippen LogP contribution in [0.3, 0.4) is 0 Å². The van der Waals surface area contributed by atoms with Crippen molar-refractivity contribution in [1.29, 1.82) is 0 Å². The Morgan fingerprint density at radius 3 is 2.76 bits per heavy atom. The first-order valence-electron chi connectivity index (χ1n) is 10.3. The number of ketones is 1. The number of para-hydroxylation sites is 1. The van der Waals surface area contributed by atoms with Gasteiger partial charge in [-0.05, 0) is 74.3 Å². The zero-order valence-electron chi connectivity index (χ0n) is 17.5. The number of anilines is 1. The fourth-order valence-electron chi connectivity index (χ4n) is 3.80. The molecule has 2 aliphatic heterocycles. The molecule has 3 heterocycles. The van der Waals surface area contributed by atoms with Crippen molar-refractivity contribution in [1.82, 2.24) is 10.3 Å². The second-order valence-electron chi connectivity index (χ2n) is 7.63. The van der Waals surface area contributed by atoms with E-state index >= 15 is 0 Å². The SMILES string of the molecule is O=C(NCC1=C[C@H]2Oc3ccccc3C(=O)C2=CN1c1ncc(Br)cc1Br)c1cccc(Cl)c1. The maximum atomic E-state index is 13.2. The fourth-order valence-corrected chi connectivity index (χ4v) is 5.17. The van der Waals surface area contributed by atoms with E-state index in [1.54, 1.807) is 59.8 Å². The molecular formula is C25H16Br2ClN3O3. The van der Waals surface area contributed by atoms with Crippen LogP contribution in [-0.2, 0) is 0 Å². The summed E-state index contributed by atoms with van der Waals surface area (Å²) in [5, 5.41) is 3.40. The number of hydrogen-bond acceptors (Lipinski definition) is 5. The van der Waals surface area contributed by atoms with Crippen molar-refractivity contribution in [2.75, 3.05) is 11.4 Å². The average Bonchev–Trinajstić information content (AvgIpc) is 2.82. The summed E-state index contributed by atoms with van der Waals surface area (Å²) in [6.07, 6.45) is 4.65. The Morgan fingerprint density at radius 2 is 1.97 bits per heavy atom. The zero-order valence-corrected chi connectivity index (χ0v) is 21.4. The number of halogens is 3. The fraction of sp³-hybridized carbons (Fsp3) is 0.0800. The van der Waals surface area contributed by atoms with Crippen molar-refractivity contribution in [3.05, 3.63) is 109 Å². The Hall–Kier alpha value is -2.94. The molecule has 1 N–H and O–H groups in total. The second kappa shape index (κ2) is 9.37. The number of nitrogens with one attached hydrogen (secondary N) is 1. The molecule has 2 aliphatic rings. The Balaban J connectivity index is 1.50. The number of rotatable bonds is 4. The lowest BCUT2D eigenvalue weighted by Crippen LogP contribution is -2.39. The highest BCUT2D eigenvalue weighted by molar-refractivity contribution is 9.11. The molecule has 1 aromatic heterocycles. The maximum Gasteiger partial charge on any atom is 0.251 e. The van der Waals surface area contributed by atoms with Crippen molar-refractivity contribution in [3.8, 4) is 5.75 Å². The molecule has 0 radical (unpaired) electrons. The van der Waals surface area contributed by atoms with Gasteiger partial charge in [0, 0.05) is 33.2 Å². The molecule has 0 saturated carbocycles. The monoisotopic (exact) mass is 599 g/mol. The standard InChI is InChI=1S/C25H16Br2ClN3O3/c26-15-9-20(27)24(29-11-15)31-13-19-22(34-21-7-2-1-6-18(21)23(19)32)10-17(31)12-30-25(33)14-4-3-5-16(28)8-14/h1-11,13,22H,12H2,(H,30,33)/t22-/m1/s1. The Bertz CT molecular complexity index is 1390. The minimum Gasteiger partial charge on any atom is -0.481 e. The highest BCUT2D eigenvalue weighted by Gasteiger charge is 2.35. The molecule has 0 unspecified atom stereocenters. The lowest BCUT2D eigenvalue weighted by Gasteiger charge is -2.34. The first-order valence-corrected chi connectivity index (χ1v) is 12.2. The summed E-state index contributed by atoms with van der Waals surface area (Å²) in [5.74, 6) is 0.726. The third-order valence-corrected chi connectivity index (χ3v) is 6.66. The molecule has 34 heavy (non-hydrogen) atoms. The van der Waals surface area contributed by atoms with Gasteiger partial charge >= 0.3 is 0 Å². The highest BCUT2D eigenvalue weighted by atomic mass is 79.9. The van der Waals surface area contributed by atoms with Crippen LogP contribution in [0.2, 0.25) is 5.02 Å². The Labute approximate surface area is 217 Å². The summed E-state index contributed by atoms with van der Waals surface area (Å²) in [6, 6.07) is 15.8. The number of carbonyl (C=O) groups is 2. The van der Waals surface area contributed by atoms with Gasteiger partial charge in [-0.1, -0.05) is 29.8 Å². The van der Waals surface area contributed by atoms with Crippen LogP contribution in [0.4, 0.5) is 5.82 Å². The quantitative estimate of drug-likeness (QED) is 0.402. The summed E-state index contributed by atoms with van der Waals surface area (Å²) >= 11 is 13.0. The van der Waals surface area contributed by atoms with E-state index in [1.165, 1.54) is 0 Å². The number of amides is 1. The summed E-state index contributed by atoms with van der Waals surface area (Å²) in [7, 11) is 0. The van der Waals surface area contributed by atoms with Crippen molar-refractivity contribution >= 4 is 61.0 Å². The van der Waals surface area contributed by atoms with Gasteiger partial charge in [-0.25, -0.2) is 4.98 Å². The molecule has 3 aromatic rings. The molecular weight excluding hydrogens is 586 g/mol. The predicted molar refractivity (Wildman–Crippen MR) is 137 cm³/mol. The molecule has 0 saturated heterocycles. The third-order valence-electron chi connectivity index (χ3n) is 5.41. The minimum absolute atomic E-state index is 0.108. The molecule has 1 atom stereocenters. The number of fused-ring (bicyclic) bond motifs is 2. The van der Waals surface area contributed by atoms with Gasteiger partial charge in [0.2, 0.25) is 0 Å². The largest absolute Gasteiger partial charge is 0.481 e. The van der Waals surface area contributed by atoms with Gasteiger partial charge in [-0.15, -0.1) is 0 Å². The van der Waals surface area contributed by atoms with Crippen molar-refractivity contribution in [2.24, 2.45) is 0 Å². The number of pyridine rings is 1. The van der Waals surface area contributed by atoms with E-state index in [1.807, 2.05) is 18.2 Å². The normalized spacial score (nSPS) is 16.6. The number of benzene rings is 2. The van der Waals surface area contributed by atoms with E-state index in [9.17, 15) is 9.59 Å². The molecule has 6 nitrogen and oxygen atoms in total. The summed E-state index contributed by atoms with van der Waals surface area (Å²) in [4.78, 5) is 32.3. The first-order chi connectivity index (χ1) is 16.4. The van der Waals surface area contributed by atoms with E-state index in [0.717, 1.165) is 4.47 Å². The number of aromatic nitrogens is 1. The van der Waals surface area contributed by atoms with Gasteiger partial charge in [0.1, 0.15) is 11.9 Å². The maximum absolute atomic E-state index is 13.2. The van der Waals surface area contributed by atoms with E-state index in [4.69, 9.17) is 16.3 Å². The van der Waals surface area contributed by atoms with Crippen molar-refractivity contribution in [2.45, 2.75) is 6.10 Å². The summed E-state index contributed by atoms with van der Waals surface area (Å²) < 4.78 is 7.63. The number of ether oxygens (including phenoxy) is 1. The van der Waals surface area contributed by atoms with Gasteiger partial charge in [0.05, 0.1) is 22.2 Å². The van der Waals surface area contributed by atoms with Gasteiger partial charge in [0.15, 0.2) is 11.6 Å². The second-order valence-corrected chi connectivity index (χ2v) is 9.83. The molecule has 0 bridgehead atoms. The van der Waals surface area contributed by atoms with Gasteiger partial charge in [0.25, 0.3) is 5.91 Å². The first kappa shape index (κ1) is 22.8. The Kier molecular flexibility index (Phi) is 6.29. The smallest absolute Gasteiger partial charge is 0.251 e. The van der Waals surface area contributed by atoms with Crippen LogP contribution in [0.25, 0.3) is 0 Å². The van der Waals surface area contributed by atoms with Gasteiger partial charge in [-0.3, -0.25) is 9.59 Å². The third kappa shape index (κ3) is 4.41. The number of hydrogen-bond donors (Lipinski definition) is 1. The Morgan fingerprint density at radius 1 is 1.15 bits per heavy atom. The molecule has 1 amide bonds. The van der Waals surface area contributed by atoms with Crippen LogP contribution in [0.1, 0.15) is 20.7 Å². The van der Waals surface area contributed by atoms with Crippen LogP contribution in [0, 0.1) is 0 Å². The van der Waals surface area contributed by atoms with Crippen molar-refractivity contribution in [3.63, 3.8) is 0 Å². The average molecular weight is 602 g/mol. The van der Waals surface area contributed by atoms with E-state index in [0.29, 0.717) is 43.5 Å². The predicted octanol–water partition coefficient (Wildman–Crippen LogP) is 5.92. The summed E-state index contributed by atoms with van der Waals surface area (Å²) in [6.45, 7) is 0.176. The highest BCUT2D eigenvalue weighted by Crippen LogP contribution is 2.37. The van der Waals surface area contributed by atoms with E-state index in [2.05, 4.69) is 42.2 Å². The van der Waals surface area contributed by atoms with Crippen LogP contribution in [-0.4, -0.2) is 29.3 Å². The molecule has 0 fully saturated rings. The molecule has 5 rings (SSSR count). The molecule has 9 heteroatoms. The molecule has 2 aromatic carbocycles. The zero-order chi connectivity index (χ0) is 23.8. The van der Waals surface area contributed by atoms with Crippen LogP contribution in [0.5, 0.6) is 5.75 Å². The van der Waals surface area contributed by atoms with E-state index in [-0.39, 0.29) is 18.2 Å². The summed E-state index contributed by atoms with van der Waals surface area (Å²) in [5.41, 5.74) is 2.15. The molecule has 0 spiro atoms. The topological polar surface area (TPSA) is 71.5 Å². The van der Waals surface area contributed by atoms with Gasteiger partial charge in [-0.2, -0.15) is 0 Å². The molecule has 170 valence electrons. The number of carbonyl (C=O) groups excluding carboxylic acids is 2. The lowest BCUT2D eigenvalue weighted by molar-refractivity contribution is 0.0950. The minimum atomic E-state index is -0.578. The molecule has 0 aliphatic carbocycles. The van der Waals surface area contributed by atoms with E-state index < -0.39 is 6.10 Å². The van der Waals surface area contributed by atoms with Crippen molar-refractivity contribution < 1.29 is 14.3 Å². The van der Waals surface area contributed by atoms with Crippen LogP contribution >= 0.6 is 43.5 Å². The number of nitrogens with zero attached hydrogens (tertiary/aromatic N) is 2. The van der Waals surface area contributed by atoms with Gasteiger partial charge < -0.3 is 15.0 Å². The lowest BCUT2D eigenvalue weighted by atomic mass is 9.93. The van der Waals surface area contributed by atoms with Crippen LogP contribution in [0.15, 0.2) is 93.3 Å².